The van der Waals surface area contributed by atoms with Crippen molar-refractivity contribution < 1.29 is 9.59 Å². The number of hydrogen-bond acceptors (Lipinski definition) is 3. The fraction of sp³-hybridized carbons (Fsp3) is 0.556. The summed E-state index contributed by atoms with van der Waals surface area (Å²) >= 11 is 0. The van der Waals surface area contributed by atoms with E-state index in [9.17, 15) is 9.59 Å². The van der Waals surface area contributed by atoms with Gasteiger partial charge in [0.2, 0.25) is 5.91 Å². The molecule has 1 saturated heterocycles. The molecule has 1 aliphatic heterocycles. The zero-order chi connectivity index (χ0) is 16.3. The minimum atomic E-state index is -0.465. The molecule has 0 aromatic heterocycles. The Bertz CT molecular complexity index is 525. The van der Waals surface area contributed by atoms with E-state index in [1.165, 1.54) is 0 Å². The van der Waals surface area contributed by atoms with Crippen LogP contribution in [0.25, 0.3) is 0 Å². The molecule has 1 fully saturated rings. The van der Waals surface area contributed by atoms with E-state index in [1.807, 2.05) is 58.0 Å². The lowest BCUT2D eigenvalue weighted by molar-refractivity contribution is -0.139. The van der Waals surface area contributed by atoms with E-state index < -0.39 is 6.04 Å². The number of likely N-dealkylation sites (tertiary alicyclic amines) is 1. The van der Waals surface area contributed by atoms with Crippen molar-refractivity contribution in [3.63, 3.8) is 0 Å². The third-order valence-corrected chi connectivity index (χ3v) is 4.04. The van der Waals surface area contributed by atoms with E-state index in [0.29, 0.717) is 6.54 Å². The van der Waals surface area contributed by atoms with Crippen LogP contribution in [0, 0.1) is 5.92 Å². The summed E-state index contributed by atoms with van der Waals surface area (Å²) in [4.78, 5) is 27.1. The molecule has 2 rings (SSSR count). The van der Waals surface area contributed by atoms with Gasteiger partial charge < -0.3 is 10.2 Å². The van der Waals surface area contributed by atoms with E-state index in [4.69, 9.17) is 0 Å². The number of nitrogens with zero attached hydrogens (tertiary/aromatic N) is 1. The second kappa shape index (κ2) is 7.05. The molecule has 4 heteroatoms. The van der Waals surface area contributed by atoms with Crippen LogP contribution in [-0.2, 0) is 9.59 Å². The smallest absolute Gasteiger partial charge is 0.240 e. The van der Waals surface area contributed by atoms with Gasteiger partial charge in [0.1, 0.15) is 6.04 Å². The van der Waals surface area contributed by atoms with E-state index in [2.05, 4.69) is 5.32 Å². The molecule has 2 atom stereocenters. The Labute approximate surface area is 132 Å². The number of rotatable bonds is 6. The van der Waals surface area contributed by atoms with E-state index in [0.717, 1.165) is 12.0 Å². The summed E-state index contributed by atoms with van der Waals surface area (Å²) in [5.74, 6) is 0.0383. The van der Waals surface area contributed by atoms with Crippen LogP contribution >= 0.6 is 0 Å². The molecular weight excluding hydrogens is 276 g/mol. The van der Waals surface area contributed by atoms with E-state index in [-0.39, 0.29) is 29.7 Å². The highest BCUT2D eigenvalue weighted by molar-refractivity contribution is 5.93. The molecular formula is C18H26N2O2. The van der Waals surface area contributed by atoms with Crippen LogP contribution in [0.5, 0.6) is 0 Å². The summed E-state index contributed by atoms with van der Waals surface area (Å²) in [5, 5.41) is 3.29. The van der Waals surface area contributed by atoms with Crippen LogP contribution in [0.2, 0.25) is 0 Å². The molecule has 0 bridgehead atoms. The van der Waals surface area contributed by atoms with Crippen LogP contribution < -0.4 is 5.32 Å². The SMILES string of the molecule is CC(C)NC1CCN(C(C(=O)C(C)C)c2ccccc2)C1=O. The molecule has 1 aliphatic rings. The van der Waals surface area contributed by atoms with Crippen molar-refractivity contribution in [2.24, 2.45) is 5.92 Å². The molecule has 0 spiro atoms. The molecule has 0 aliphatic carbocycles. The zero-order valence-corrected chi connectivity index (χ0v) is 13.9. The summed E-state index contributed by atoms with van der Waals surface area (Å²) in [5.41, 5.74) is 0.903. The summed E-state index contributed by atoms with van der Waals surface area (Å²) in [6, 6.07) is 9.24. The second-order valence-electron chi connectivity index (χ2n) is 6.56. The molecule has 2 unspecified atom stereocenters. The Morgan fingerprint density at radius 1 is 1.18 bits per heavy atom. The first-order valence-electron chi connectivity index (χ1n) is 8.07. The highest BCUT2D eigenvalue weighted by Crippen LogP contribution is 2.29. The number of benzene rings is 1. The summed E-state index contributed by atoms with van der Waals surface area (Å²) in [7, 11) is 0. The number of nitrogens with one attached hydrogen (secondary N) is 1. The van der Waals surface area contributed by atoms with Crippen molar-refractivity contribution in [1.29, 1.82) is 0 Å². The first-order valence-corrected chi connectivity index (χ1v) is 8.07. The van der Waals surface area contributed by atoms with Crippen LogP contribution in [0.3, 0.4) is 0 Å². The first-order chi connectivity index (χ1) is 10.4. The first kappa shape index (κ1) is 16.7. The number of Topliss-reactive ketones (excluding diaryl/α,β-unsaturated/α-hetero) is 1. The monoisotopic (exact) mass is 302 g/mol. The molecule has 4 nitrogen and oxygen atoms in total. The van der Waals surface area contributed by atoms with Crippen molar-refractivity contribution in [3.05, 3.63) is 35.9 Å². The maximum absolute atomic E-state index is 12.7. The third-order valence-electron chi connectivity index (χ3n) is 4.04. The molecule has 22 heavy (non-hydrogen) atoms. The van der Waals surface area contributed by atoms with Gasteiger partial charge in [0, 0.05) is 18.5 Å². The highest BCUT2D eigenvalue weighted by Gasteiger charge is 2.40. The van der Waals surface area contributed by atoms with Crippen LogP contribution in [0.4, 0.5) is 0 Å². The maximum Gasteiger partial charge on any atom is 0.240 e. The van der Waals surface area contributed by atoms with Gasteiger partial charge in [0.15, 0.2) is 5.78 Å². The van der Waals surface area contributed by atoms with Crippen molar-refractivity contribution in [3.8, 4) is 0 Å². The lowest BCUT2D eigenvalue weighted by Gasteiger charge is -2.29. The van der Waals surface area contributed by atoms with Crippen molar-refractivity contribution >= 4 is 11.7 Å². The summed E-state index contributed by atoms with van der Waals surface area (Å²) in [6.07, 6.45) is 0.756. The Hall–Kier alpha value is -1.68. The van der Waals surface area contributed by atoms with Gasteiger partial charge in [-0.2, -0.15) is 0 Å². The van der Waals surface area contributed by atoms with Gasteiger partial charge >= 0.3 is 0 Å². The Morgan fingerprint density at radius 3 is 2.36 bits per heavy atom. The van der Waals surface area contributed by atoms with Gasteiger partial charge in [-0.15, -0.1) is 0 Å². The molecule has 0 saturated carbocycles. The lowest BCUT2D eigenvalue weighted by Crippen LogP contribution is -2.44. The zero-order valence-electron chi connectivity index (χ0n) is 13.9. The molecule has 0 radical (unpaired) electrons. The summed E-state index contributed by atoms with van der Waals surface area (Å²) < 4.78 is 0. The van der Waals surface area contributed by atoms with Gasteiger partial charge in [-0.05, 0) is 12.0 Å². The fourth-order valence-electron chi connectivity index (χ4n) is 2.96. The molecule has 1 N–H and O–H groups in total. The number of amides is 1. The lowest BCUT2D eigenvalue weighted by atomic mass is 9.94. The Kier molecular flexibility index (Phi) is 5.35. The van der Waals surface area contributed by atoms with Crippen molar-refractivity contribution in [2.75, 3.05) is 6.54 Å². The molecule has 1 aromatic carbocycles. The summed E-state index contributed by atoms with van der Waals surface area (Å²) in [6.45, 7) is 8.47. The van der Waals surface area contributed by atoms with Gasteiger partial charge in [-0.3, -0.25) is 9.59 Å². The van der Waals surface area contributed by atoms with Crippen molar-refractivity contribution in [2.45, 2.75) is 52.2 Å². The Morgan fingerprint density at radius 2 is 1.82 bits per heavy atom. The normalized spacial score (nSPS) is 20.0. The van der Waals surface area contributed by atoms with Crippen molar-refractivity contribution in [1.82, 2.24) is 10.2 Å². The largest absolute Gasteiger partial charge is 0.327 e. The standard InChI is InChI=1S/C18H26N2O2/c1-12(2)17(21)16(14-8-6-5-7-9-14)20-11-10-15(18(20)22)19-13(3)4/h5-9,12-13,15-16,19H,10-11H2,1-4H3. The highest BCUT2D eigenvalue weighted by atomic mass is 16.2. The van der Waals surface area contributed by atoms with E-state index >= 15 is 0 Å². The topological polar surface area (TPSA) is 49.4 Å². The second-order valence-corrected chi connectivity index (χ2v) is 6.56. The maximum atomic E-state index is 12.7. The minimum absolute atomic E-state index is 0.0385. The quantitative estimate of drug-likeness (QED) is 0.878. The number of hydrogen-bond donors (Lipinski definition) is 1. The number of carbonyl (C=O) groups excluding carboxylic acids is 2. The molecule has 1 aromatic rings. The Balaban J connectivity index is 2.27. The van der Waals surface area contributed by atoms with Gasteiger partial charge in [0.05, 0.1) is 6.04 Å². The third kappa shape index (κ3) is 3.55. The van der Waals surface area contributed by atoms with Crippen LogP contribution in [0.1, 0.15) is 45.7 Å². The van der Waals surface area contributed by atoms with Crippen LogP contribution in [0.15, 0.2) is 30.3 Å². The molecule has 1 heterocycles. The van der Waals surface area contributed by atoms with E-state index in [1.54, 1.807) is 4.90 Å². The molecule has 1 amide bonds. The predicted octanol–water partition coefficient (Wildman–Crippen LogP) is 2.55. The fourth-order valence-corrected chi connectivity index (χ4v) is 2.96. The minimum Gasteiger partial charge on any atom is -0.327 e. The number of ketones is 1. The molecule has 120 valence electrons. The van der Waals surface area contributed by atoms with Gasteiger partial charge in [-0.1, -0.05) is 58.0 Å². The number of carbonyl (C=O) groups is 2. The van der Waals surface area contributed by atoms with Gasteiger partial charge in [0.25, 0.3) is 0 Å². The average Bonchev–Trinajstić information content (AvgIpc) is 2.81. The van der Waals surface area contributed by atoms with Gasteiger partial charge in [-0.25, -0.2) is 0 Å². The average molecular weight is 302 g/mol. The van der Waals surface area contributed by atoms with Crippen LogP contribution in [-0.4, -0.2) is 35.2 Å². The predicted molar refractivity (Wildman–Crippen MR) is 87.4 cm³/mol.